The Morgan fingerprint density at radius 1 is 1.23 bits per heavy atom. The number of fused-ring (bicyclic) bond motifs is 1. The van der Waals surface area contributed by atoms with Gasteiger partial charge in [0.2, 0.25) is 5.91 Å². The van der Waals surface area contributed by atoms with Crippen LogP contribution in [0.3, 0.4) is 0 Å². The molecule has 1 unspecified atom stereocenters. The highest BCUT2D eigenvalue weighted by Crippen LogP contribution is 2.21. The number of nitriles is 1. The van der Waals surface area contributed by atoms with Gasteiger partial charge in [-0.05, 0) is 37.8 Å². The normalized spacial score (nSPS) is 11.9. The Morgan fingerprint density at radius 2 is 2.00 bits per heavy atom. The number of aryl methyl sites for hydroxylation is 2. The Kier molecular flexibility index (Phi) is 7.18. The number of benzene rings is 1. The fraction of sp³-hybridized carbons (Fsp3) is 0.417. The molecule has 2 heterocycles. The summed E-state index contributed by atoms with van der Waals surface area (Å²) in [5, 5.41) is 16.7. The molecular weight excluding hydrogens is 374 g/mol. The minimum atomic E-state index is 0.0392. The third kappa shape index (κ3) is 4.85. The molecule has 0 aliphatic heterocycles. The fourth-order valence-corrected chi connectivity index (χ4v) is 3.86. The Hall–Kier alpha value is -3.20. The summed E-state index contributed by atoms with van der Waals surface area (Å²) < 4.78 is 1.69. The molecule has 3 rings (SSSR count). The van der Waals surface area contributed by atoms with E-state index >= 15 is 0 Å². The SMILES string of the molecule is CCCCCC(NC(=O)CCc1c(C)nc2c(C#N)cnn2c1C)c1ccccc1. The van der Waals surface area contributed by atoms with Crippen molar-refractivity contribution in [1.82, 2.24) is 19.9 Å². The van der Waals surface area contributed by atoms with Crippen LogP contribution in [0.2, 0.25) is 0 Å². The number of aromatic nitrogens is 3. The van der Waals surface area contributed by atoms with Crippen LogP contribution in [0.15, 0.2) is 36.5 Å². The zero-order valence-electron chi connectivity index (χ0n) is 18.0. The third-order valence-corrected chi connectivity index (χ3v) is 5.56. The van der Waals surface area contributed by atoms with Crippen LogP contribution >= 0.6 is 0 Å². The monoisotopic (exact) mass is 403 g/mol. The van der Waals surface area contributed by atoms with Gasteiger partial charge in [-0.25, -0.2) is 9.50 Å². The van der Waals surface area contributed by atoms with E-state index in [2.05, 4.69) is 40.5 Å². The number of carbonyl (C=O) groups excluding carboxylic acids is 1. The first-order chi connectivity index (χ1) is 14.5. The number of amides is 1. The van der Waals surface area contributed by atoms with Crippen LogP contribution in [0.4, 0.5) is 0 Å². The molecule has 1 aromatic carbocycles. The molecule has 1 amide bonds. The van der Waals surface area contributed by atoms with Crippen molar-refractivity contribution >= 4 is 11.6 Å². The van der Waals surface area contributed by atoms with E-state index in [1.54, 1.807) is 4.52 Å². The summed E-state index contributed by atoms with van der Waals surface area (Å²) in [4.78, 5) is 17.3. The van der Waals surface area contributed by atoms with Gasteiger partial charge in [-0.3, -0.25) is 4.79 Å². The molecule has 0 aliphatic rings. The van der Waals surface area contributed by atoms with Gasteiger partial charge < -0.3 is 5.32 Å². The van der Waals surface area contributed by atoms with Gasteiger partial charge in [0, 0.05) is 17.8 Å². The van der Waals surface area contributed by atoms with Crippen molar-refractivity contribution in [2.24, 2.45) is 0 Å². The molecule has 0 saturated carbocycles. The average Bonchev–Trinajstić information content (AvgIpc) is 3.16. The number of nitrogens with zero attached hydrogens (tertiary/aromatic N) is 4. The highest BCUT2D eigenvalue weighted by atomic mass is 16.1. The molecule has 0 spiro atoms. The van der Waals surface area contributed by atoms with Crippen molar-refractivity contribution in [2.45, 2.75) is 65.3 Å². The van der Waals surface area contributed by atoms with Gasteiger partial charge in [-0.1, -0.05) is 56.5 Å². The molecule has 3 aromatic rings. The number of hydrogen-bond acceptors (Lipinski definition) is 4. The minimum Gasteiger partial charge on any atom is -0.349 e. The summed E-state index contributed by atoms with van der Waals surface area (Å²) >= 11 is 0. The van der Waals surface area contributed by atoms with Crippen molar-refractivity contribution in [3.8, 4) is 6.07 Å². The Labute approximate surface area is 177 Å². The lowest BCUT2D eigenvalue weighted by atomic mass is 9.99. The Balaban J connectivity index is 1.70. The minimum absolute atomic E-state index is 0.0392. The number of rotatable bonds is 9. The van der Waals surface area contributed by atoms with E-state index in [0.717, 1.165) is 48.2 Å². The zero-order chi connectivity index (χ0) is 21.5. The van der Waals surface area contributed by atoms with E-state index in [4.69, 9.17) is 0 Å². The van der Waals surface area contributed by atoms with Crippen LogP contribution < -0.4 is 5.32 Å². The maximum atomic E-state index is 12.8. The van der Waals surface area contributed by atoms with Gasteiger partial charge in [0.05, 0.1) is 12.2 Å². The van der Waals surface area contributed by atoms with E-state index in [1.807, 2.05) is 32.0 Å². The highest BCUT2D eigenvalue weighted by molar-refractivity contribution is 5.76. The zero-order valence-corrected chi connectivity index (χ0v) is 18.0. The van der Waals surface area contributed by atoms with Crippen molar-refractivity contribution in [3.05, 3.63) is 64.6 Å². The molecule has 0 bridgehead atoms. The Bertz CT molecular complexity index is 1050. The molecule has 156 valence electrons. The smallest absolute Gasteiger partial charge is 0.220 e. The molecule has 1 atom stereocenters. The summed E-state index contributed by atoms with van der Waals surface area (Å²) in [5.41, 5.74) is 4.95. The standard InChI is InChI=1S/C24H29N5O/c1-4-5-7-12-22(19-10-8-6-9-11-19)28-23(30)14-13-21-17(2)27-24-20(15-25)16-26-29(24)18(21)3/h6,8-11,16,22H,4-5,7,12-14H2,1-3H3,(H,28,30). The van der Waals surface area contributed by atoms with Crippen LogP contribution in [-0.4, -0.2) is 20.5 Å². The Morgan fingerprint density at radius 3 is 2.70 bits per heavy atom. The molecule has 6 heteroatoms. The fourth-order valence-electron chi connectivity index (χ4n) is 3.86. The predicted octanol–water partition coefficient (Wildman–Crippen LogP) is 4.59. The summed E-state index contributed by atoms with van der Waals surface area (Å²) in [5.74, 6) is 0.0393. The predicted molar refractivity (Wildman–Crippen MR) is 117 cm³/mol. The van der Waals surface area contributed by atoms with Gasteiger partial charge in [0.1, 0.15) is 11.6 Å². The second-order valence-corrected chi connectivity index (χ2v) is 7.69. The topological polar surface area (TPSA) is 83.1 Å². The summed E-state index contributed by atoms with van der Waals surface area (Å²) in [6.45, 7) is 6.07. The molecule has 2 aromatic heterocycles. The van der Waals surface area contributed by atoms with Crippen LogP contribution in [-0.2, 0) is 11.2 Å². The van der Waals surface area contributed by atoms with Crippen molar-refractivity contribution < 1.29 is 4.79 Å². The van der Waals surface area contributed by atoms with Gasteiger partial charge in [-0.2, -0.15) is 10.4 Å². The number of unbranched alkanes of at least 4 members (excludes halogenated alkanes) is 2. The molecule has 0 aliphatic carbocycles. The maximum Gasteiger partial charge on any atom is 0.220 e. The van der Waals surface area contributed by atoms with E-state index in [9.17, 15) is 10.1 Å². The molecule has 1 N–H and O–H groups in total. The lowest BCUT2D eigenvalue weighted by Gasteiger charge is -2.20. The summed E-state index contributed by atoms with van der Waals surface area (Å²) in [6, 6.07) is 12.3. The second kappa shape index (κ2) is 10.0. The molecule has 0 radical (unpaired) electrons. The van der Waals surface area contributed by atoms with Crippen LogP contribution in [0.5, 0.6) is 0 Å². The van der Waals surface area contributed by atoms with Crippen molar-refractivity contribution in [2.75, 3.05) is 0 Å². The van der Waals surface area contributed by atoms with Gasteiger partial charge >= 0.3 is 0 Å². The molecule has 0 fully saturated rings. The molecule has 6 nitrogen and oxygen atoms in total. The van der Waals surface area contributed by atoms with Crippen LogP contribution in [0, 0.1) is 25.2 Å². The van der Waals surface area contributed by atoms with Crippen LogP contribution in [0.1, 0.15) is 73.1 Å². The van der Waals surface area contributed by atoms with E-state index < -0.39 is 0 Å². The second-order valence-electron chi connectivity index (χ2n) is 7.69. The first kappa shape index (κ1) is 21.5. The lowest BCUT2D eigenvalue weighted by molar-refractivity contribution is -0.121. The molecular formula is C24H29N5O. The average molecular weight is 404 g/mol. The van der Waals surface area contributed by atoms with Gasteiger partial charge in [-0.15, -0.1) is 0 Å². The van der Waals surface area contributed by atoms with Crippen molar-refractivity contribution in [3.63, 3.8) is 0 Å². The van der Waals surface area contributed by atoms with E-state index in [1.165, 1.54) is 6.20 Å². The molecule has 0 saturated heterocycles. The highest BCUT2D eigenvalue weighted by Gasteiger charge is 2.17. The van der Waals surface area contributed by atoms with E-state index in [0.29, 0.717) is 24.1 Å². The quantitative estimate of drug-likeness (QED) is 0.530. The number of carbonyl (C=O) groups is 1. The summed E-state index contributed by atoms with van der Waals surface area (Å²) in [6.07, 6.45) is 6.87. The number of hydrogen-bond donors (Lipinski definition) is 1. The van der Waals surface area contributed by atoms with Crippen LogP contribution in [0.25, 0.3) is 5.65 Å². The first-order valence-electron chi connectivity index (χ1n) is 10.6. The lowest BCUT2D eigenvalue weighted by Crippen LogP contribution is -2.29. The first-order valence-corrected chi connectivity index (χ1v) is 10.6. The van der Waals surface area contributed by atoms with Crippen molar-refractivity contribution in [1.29, 1.82) is 5.26 Å². The largest absolute Gasteiger partial charge is 0.349 e. The third-order valence-electron chi connectivity index (χ3n) is 5.56. The van der Waals surface area contributed by atoms with Gasteiger partial charge in [0.25, 0.3) is 0 Å². The van der Waals surface area contributed by atoms with E-state index in [-0.39, 0.29) is 11.9 Å². The maximum absolute atomic E-state index is 12.8. The molecule has 30 heavy (non-hydrogen) atoms. The summed E-state index contributed by atoms with van der Waals surface area (Å²) in [7, 11) is 0. The number of nitrogens with one attached hydrogen (secondary N) is 1. The van der Waals surface area contributed by atoms with Gasteiger partial charge in [0.15, 0.2) is 5.65 Å².